The lowest BCUT2D eigenvalue weighted by Gasteiger charge is -2.33. The van der Waals surface area contributed by atoms with Crippen LogP contribution in [-0.2, 0) is 4.74 Å². The molecular formula is C24H31N3O3. The van der Waals surface area contributed by atoms with Crippen LogP contribution in [0.15, 0.2) is 36.4 Å². The second kappa shape index (κ2) is 10.4. The van der Waals surface area contributed by atoms with Crippen LogP contribution in [0.1, 0.15) is 44.6 Å². The van der Waals surface area contributed by atoms with Gasteiger partial charge < -0.3 is 9.72 Å². The predicted octanol–water partition coefficient (Wildman–Crippen LogP) is 3.32. The second-order valence-corrected chi connectivity index (χ2v) is 7.66. The number of esters is 1. The van der Waals surface area contributed by atoms with Crippen molar-refractivity contribution in [2.45, 2.75) is 20.8 Å². The molecule has 2 aromatic rings. The van der Waals surface area contributed by atoms with Crippen LogP contribution in [0.4, 0.5) is 0 Å². The number of aryl methyl sites for hydroxylation is 1. The summed E-state index contributed by atoms with van der Waals surface area (Å²) in [6, 6.07) is 10.3. The fraction of sp³-hybridized carbons (Fsp3) is 0.417. The number of H-pyrrole nitrogens is 1. The van der Waals surface area contributed by atoms with Gasteiger partial charge in [-0.2, -0.15) is 0 Å². The summed E-state index contributed by atoms with van der Waals surface area (Å²) < 4.78 is 5.11. The third-order valence-corrected chi connectivity index (χ3v) is 5.50. The highest BCUT2D eigenvalue weighted by Gasteiger charge is 2.25. The van der Waals surface area contributed by atoms with E-state index in [1.54, 1.807) is 20.8 Å². The summed E-state index contributed by atoms with van der Waals surface area (Å²) in [5.74, 6) is -0.358. The van der Waals surface area contributed by atoms with Crippen LogP contribution in [0.3, 0.4) is 0 Å². The zero-order valence-electron chi connectivity index (χ0n) is 18.1. The Balaban J connectivity index is 1.50. The largest absolute Gasteiger partial charge is 0.462 e. The van der Waals surface area contributed by atoms with Crippen LogP contribution in [-0.4, -0.2) is 72.4 Å². The smallest absolute Gasteiger partial charge is 0.340 e. The second-order valence-electron chi connectivity index (χ2n) is 7.66. The van der Waals surface area contributed by atoms with Crippen molar-refractivity contribution >= 4 is 17.8 Å². The molecule has 1 saturated heterocycles. The van der Waals surface area contributed by atoms with E-state index in [-0.39, 0.29) is 11.8 Å². The maximum Gasteiger partial charge on any atom is 0.340 e. The number of Topliss-reactive ketones (excluding diaryl/α,β-unsaturated/α-hetero) is 1. The lowest BCUT2D eigenvalue weighted by molar-refractivity contribution is 0.0525. The Morgan fingerprint density at radius 3 is 2.40 bits per heavy atom. The first-order valence-electron chi connectivity index (χ1n) is 10.6. The molecule has 1 aliphatic heterocycles. The summed E-state index contributed by atoms with van der Waals surface area (Å²) in [7, 11) is 0. The van der Waals surface area contributed by atoms with Gasteiger partial charge in [-0.15, -0.1) is 0 Å². The van der Waals surface area contributed by atoms with Gasteiger partial charge in [0.2, 0.25) is 0 Å². The topological polar surface area (TPSA) is 65.6 Å². The van der Waals surface area contributed by atoms with Gasteiger partial charge in [-0.1, -0.05) is 42.5 Å². The summed E-state index contributed by atoms with van der Waals surface area (Å²) in [4.78, 5) is 32.7. The van der Waals surface area contributed by atoms with Crippen molar-refractivity contribution in [1.82, 2.24) is 14.8 Å². The zero-order valence-corrected chi connectivity index (χ0v) is 18.1. The molecule has 1 N–H and O–H groups in total. The number of aromatic nitrogens is 1. The van der Waals surface area contributed by atoms with Gasteiger partial charge in [-0.05, 0) is 31.9 Å². The summed E-state index contributed by atoms with van der Waals surface area (Å²) in [5, 5.41) is 0. The molecular weight excluding hydrogens is 378 g/mol. The minimum Gasteiger partial charge on any atom is -0.462 e. The highest BCUT2D eigenvalue weighted by atomic mass is 16.5. The minimum absolute atomic E-state index is 0.0172. The molecule has 0 unspecified atom stereocenters. The molecule has 160 valence electrons. The van der Waals surface area contributed by atoms with E-state index in [0.717, 1.165) is 32.7 Å². The third kappa shape index (κ3) is 5.46. The van der Waals surface area contributed by atoms with Crippen molar-refractivity contribution in [3.05, 3.63) is 64.5 Å². The first-order valence-corrected chi connectivity index (χ1v) is 10.6. The number of carbonyl (C=O) groups is 2. The number of hydrogen-bond acceptors (Lipinski definition) is 5. The van der Waals surface area contributed by atoms with Gasteiger partial charge in [-0.3, -0.25) is 14.6 Å². The molecule has 1 aliphatic rings. The molecule has 30 heavy (non-hydrogen) atoms. The number of ketones is 1. The van der Waals surface area contributed by atoms with Crippen LogP contribution in [0.2, 0.25) is 0 Å². The van der Waals surface area contributed by atoms with Gasteiger partial charge in [0, 0.05) is 38.4 Å². The highest BCUT2D eigenvalue weighted by Crippen LogP contribution is 2.20. The van der Waals surface area contributed by atoms with Gasteiger partial charge in [0.05, 0.1) is 24.4 Å². The lowest BCUT2D eigenvalue weighted by atomic mass is 10.1. The summed E-state index contributed by atoms with van der Waals surface area (Å²) >= 11 is 0. The fourth-order valence-corrected chi connectivity index (χ4v) is 3.85. The number of benzene rings is 1. The van der Waals surface area contributed by atoms with Crippen molar-refractivity contribution in [2.75, 3.05) is 45.9 Å². The van der Waals surface area contributed by atoms with E-state index in [9.17, 15) is 9.59 Å². The van der Waals surface area contributed by atoms with Crippen molar-refractivity contribution in [1.29, 1.82) is 0 Å². The quantitative estimate of drug-likeness (QED) is 0.535. The Morgan fingerprint density at radius 1 is 1.07 bits per heavy atom. The van der Waals surface area contributed by atoms with E-state index in [4.69, 9.17) is 4.74 Å². The number of rotatable bonds is 8. The van der Waals surface area contributed by atoms with Crippen molar-refractivity contribution in [2.24, 2.45) is 0 Å². The first kappa shape index (κ1) is 22.0. The zero-order chi connectivity index (χ0) is 21.5. The number of piperazine rings is 1. The minimum atomic E-state index is -0.375. The lowest BCUT2D eigenvalue weighted by Crippen LogP contribution is -2.47. The van der Waals surface area contributed by atoms with Crippen molar-refractivity contribution in [3.8, 4) is 0 Å². The number of hydrogen-bond donors (Lipinski definition) is 1. The van der Waals surface area contributed by atoms with E-state index in [2.05, 4.69) is 39.1 Å². The predicted molar refractivity (Wildman–Crippen MR) is 119 cm³/mol. The number of nitrogens with zero attached hydrogens (tertiary/aromatic N) is 2. The number of nitrogens with one attached hydrogen (secondary N) is 1. The molecule has 0 bridgehead atoms. The molecule has 0 saturated carbocycles. The molecule has 0 spiro atoms. The average molecular weight is 410 g/mol. The summed E-state index contributed by atoms with van der Waals surface area (Å²) in [6.07, 6.45) is 4.34. The Bertz CT molecular complexity index is 894. The Kier molecular flexibility index (Phi) is 7.60. The van der Waals surface area contributed by atoms with Crippen molar-refractivity contribution in [3.63, 3.8) is 0 Å². The van der Waals surface area contributed by atoms with Crippen LogP contribution < -0.4 is 0 Å². The van der Waals surface area contributed by atoms with Crippen LogP contribution in [0.25, 0.3) is 6.08 Å². The van der Waals surface area contributed by atoms with E-state index >= 15 is 0 Å². The van der Waals surface area contributed by atoms with Crippen molar-refractivity contribution < 1.29 is 14.3 Å². The Hall–Kier alpha value is -2.70. The van der Waals surface area contributed by atoms with Crippen LogP contribution in [0.5, 0.6) is 0 Å². The third-order valence-electron chi connectivity index (χ3n) is 5.50. The number of ether oxygens (including phenoxy) is 1. The molecule has 0 atom stereocenters. The SMILES string of the molecule is CCOC(=O)c1c(C)[nH]c(C(=O)CN2CCN(C/C=C/c3ccccc3)CC2)c1C. The maximum absolute atomic E-state index is 12.8. The molecule has 6 nitrogen and oxygen atoms in total. The fourth-order valence-electron chi connectivity index (χ4n) is 3.85. The molecule has 0 aliphatic carbocycles. The van der Waals surface area contributed by atoms with Gasteiger partial charge in [0.25, 0.3) is 0 Å². The molecule has 3 rings (SSSR count). The normalized spacial score (nSPS) is 15.6. The van der Waals surface area contributed by atoms with Crippen LogP contribution >= 0.6 is 0 Å². The Labute approximate surface area is 178 Å². The summed E-state index contributed by atoms with van der Waals surface area (Å²) in [5.41, 5.74) is 3.57. The number of aromatic amines is 1. The molecule has 1 aromatic heterocycles. The molecule has 2 heterocycles. The van der Waals surface area contributed by atoms with Gasteiger partial charge in [0.1, 0.15) is 0 Å². The van der Waals surface area contributed by atoms with Gasteiger partial charge >= 0.3 is 5.97 Å². The van der Waals surface area contributed by atoms with E-state index < -0.39 is 0 Å². The molecule has 1 fully saturated rings. The molecule has 0 radical (unpaired) electrons. The van der Waals surface area contributed by atoms with Crippen LogP contribution in [0, 0.1) is 13.8 Å². The molecule has 0 amide bonds. The monoisotopic (exact) mass is 409 g/mol. The maximum atomic E-state index is 12.8. The molecule has 6 heteroatoms. The first-order chi connectivity index (χ1) is 14.5. The van der Waals surface area contributed by atoms with E-state index in [1.165, 1.54) is 5.56 Å². The number of carbonyl (C=O) groups excluding carboxylic acids is 2. The van der Waals surface area contributed by atoms with E-state index in [0.29, 0.717) is 35.7 Å². The standard InChI is InChI=1S/C24H31N3O3/c1-4-30-24(29)22-18(2)23(25-19(22)3)21(28)17-27-15-13-26(14-16-27)12-8-11-20-9-6-5-7-10-20/h5-11,25H,4,12-17H2,1-3H3/b11-8+. The molecule has 1 aromatic carbocycles. The van der Waals surface area contributed by atoms with Gasteiger partial charge in [0.15, 0.2) is 5.78 Å². The van der Waals surface area contributed by atoms with E-state index in [1.807, 2.05) is 18.2 Å². The average Bonchev–Trinajstić information content (AvgIpc) is 3.04. The summed E-state index contributed by atoms with van der Waals surface area (Å²) in [6.45, 7) is 10.5. The Morgan fingerprint density at radius 2 is 1.73 bits per heavy atom. The van der Waals surface area contributed by atoms with Gasteiger partial charge in [-0.25, -0.2) is 4.79 Å². The highest BCUT2D eigenvalue weighted by molar-refractivity contribution is 6.02.